The van der Waals surface area contributed by atoms with Gasteiger partial charge in [-0.05, 0) is 78.4 Å². The number of aryl methyl sites for hydroxylation is 1. The number of ether oxygens (including phenoxy) is 1. The minimum Gasteiger partial charge on any atom is -0.493 e. The molecule has 180 valence electrons. The Hall–Kier alpha value is -3.60. The number of halogens is 4. The molecule has 0 radical (unpaired) electrons. The van der Waals surface area contributed by atoms with Gasteiger partial charge in [-0.1, -0.05) is 49.2 Å². The summed E-state index contributed by atoms with van der Waals surface area (Å²) < 4.78 is 60.7. The lowest BCUT2D eigenvalue weighted by molar-refractivity contribution is 0.303. The van der Waals surface area contributed by atoms with Crippen molar-refractivity contribution in [1.82, 2.24) is 0 Å². The van der Waals surface area contributed by atoms with Crippen molar-refractivity contribution in [2.45, 2.75) is 32.1 Å². The quantitative estimate of drug-likeness (QED) is 0.164. The molecule has 5 heteroatoms. The highest BCUT2D eigenvalue weighted by Gasteiger charge is 2.08. The van der Waals surface area contributed by atoms with Crippen molar-refractivity contribution in [2.75, 3.05) is 6.61 Å². The van der Waals surface area contributed by atoms with Crippen LogP contribution in [0.15, 0.2) is 84.9 Å². The fraction of sp³-hybridized carbons (Fsp3) is 0.200. The zero-order chi connectivity index (χ0) is 24.6. The van der Waals surface area contributed by atoms with E-state index in [9.17, 15) is 17.6 Å². The van der Waals surface area contributed by atoms with Crippen molar-refractivity contribution < 1.29 is 22.3 Å². The Morgan fingerprint density at radius 3 is 1.63 bits per heavy atom. The van der Waals surface area contributed by atoms with Crippen LogP contribution in [-0.4, -0.2) is 6.61 Å². The molecule has 1 nitrogen and oxygen atoms in total. The van der Waals surface area contributed by atoms with Crippen molar-refractivity contribution in [2.24, 2.45) is 0 Å². The Balaban J connectivity index is 1.17. The molecular formula is C30H26F4O. The predicted molar refractivity (Wildman–Crippen MR) is 131 cm³/mol. The maximum atomic E-state index is 14.5. The van der Waals surface area contributed by atoms with E-state index in [4.69, 9.17) is 4.74 Å². The van der Waals surface area contributed by atoms with Crippen molar-refractivity contribution >= 4 is 0 Å². The summed E-state index contributed by atoms with van der Waals surface area (Å²) in [5.74, 6) is -0.957. The van der Waals surface area contributed by atoms with Gasteiger partial charge < -0.3 is 4.74 Å². The zero-order valence-corrected chi connectivity index (χ0v) is 19.2. The highest BCUT2D eigenvalue weighted by molar-refractivity contribution is 5.65. The monoisotopic (exact) mass is 478 g/mol. The van der Waals surface area contributed by atoms with Gasteiger partial charge in [0.2, 0.25) is 0 Å². The first-order chi connectivity index (χ1) is 17.0. The highest BCUT2D eigenvalue weighted by atomic mass is 19.1. The van der Waals surface area contributed by atoms with E-state index in [2.05, 4.69) is 0 Å². The molecule has 4 aromatic rings. The van der Waals surface area contributed by atoms with Gasteiger partial charge in [0.1, 0.15) is 29.0 Å². The third kappa shape index (κ3) is 6.72. The molecule has 0 aliphatic carbocycles. The van der Waals surface area contributed by atoms with Gasteiger partial charge in [-0.2, -0.15) is 0 Å². The first-order valence-corrected chi connectivity index (χ1v) is 11.7. The van der Waals surface area contributed by atoms with E-state index in [-0.39, 0.29) is 17.5 Å². The van der Waals surface area contributed by atoms with E-state index in [1.807, 2.05) is 6.07 Å². The molecule has 35 heavy (non-hydrogen) atoms. The van der Waals surface area contributed by atoms with Crippen LogP contribution in [0.4, 0.5) is 17.6 Å². The van der Waals surface area contributed by atoms with Crippen molar-refractivity contribution in [1.29, 1.82) is 0 Å². The Labute approximate surface area is 203 Å². The van der Waals surface area contributed by atoms with E-state index in [1.54, 1.807) is 48.5 Å². The van der Waals surface area contributed by atoms with E-state index in [0.717, 1.165) is 37.7 Å². The molecule has 0 atom stereocenters. The molecule has 0 unspecified atom stereocenters. The molecule has 0 saturated heterocycles. The first kappa shape index (κ1) is 24.5. The van der Waals surface area contributed by atoms with Crippen molar-refractivity contribution in [3.8, 4) is 28.0 Å². The standard InChI is InChI=1S/C30H26F4O/c31-24-11-7-22(8-12-24)27-16-6-21(19-29(27)33)5-3-1-2-4-18-35-26-15-17-28(30(34)20-26)23-9-13-25(32)14-10-23/h6-17,19-20H,1-5,18H2. The van der Waals surface area contributed by atoms with E-state index < -0.39 is 5.82 Å². The molecule has 0 aliphatic rings. The molecule has 0 spiro atoms. The molecule has 0 saturated carbocycles. The molecule has 0 N–H and O–H groups in total. The zero-order valence-electron chi connectivity index (χ0n) is 19.2. The van der Waals surface area contributed by atoms with Gasteiger partial charge in [-0.3, -0.25) is 0 Å². The summed E-state index contributed by atoms with van der Waals surface area (Å²) in [5, 5.41) is 0. The van der Waals surface area contributed by atoms with Gasteiger partial charge in [0.15, 0.2) is 0 Å². The predicted octanol–water partition coefficient (Wildman–Crippen LogP) is 8.76. The Bertz CT molecular complexity index is 1150. The second kappa shape index (κ2) is 11.7. The Morgan fingerprint density at radius 2 is 1.06 bits per heavy atom. The molecule has 0 bridgehead atoms. The molecule has 4 aromatic carbocycles. The molecule has 0 amide bonds. The van der Waals surface area contributed by atoms with Gasteiger partial charge in [-0.25, -0.2) is 17.6 Å². The minimum atomic E-state index is -0.410. The number of benzene rings is 4. The smallest absolute Gasteiger partial charge is 0.134 e. The average molecular weight is 479 g/mol. The summed E-state index contributed by atoms with van der Waals surface area (Å²) in [6.45, 7) is 0.482. The van der Waals surface area contributed by atoms with E-state index in [0.29, 0.717) is 34.6 Å². The Morgan fingerprint density at radius 1 is 0.514 bits per heavy atom. The number of rotatable bonds is 10. The lowest BCUT2D eigenvalue weighted by atomic mass is 10.0. The SMILES string of the molecule is Fc1ccc(-c2ccc(CCCCCCOc3ccc(-c4ccc(F)cc4)c(F)c3)cc2F)cc1. The molecule has 0 fully saturated rings. The molecule has 0 aromatic heterocycles. The first-order valence-electron chi connectivity index (χ1n) is 11.7. The average Bonchev–Trinajstić information content (AvgIpc) is 2.85. The fourth-order valence-electron chi connectivity index (χ4n) is 4.00. The summed E-state index contributed by atoms with van der Waals surface area (Å²) in [4.78, 5) is 0. The summed E-state index contributed by atoms with van der Waals surface area (Å²) in [5.41, 5.74) is 3.06. The van der Waals surface area contributed by atoms with Gasteiger partial charge in [0, 0.05) is 17.2 Å². The number of hydrogen-bond acceptors (Lipinski definition) is 1. The van der Waals surface area contributed by atoms with Gasteiger partial charge >= 0.3 is 0 Å². The summed E-state index contributed by atoms with van der Waals surface area (Å²) in [6, 6.07) is 21.4. The molecule has 4 rings (SSSR count). The van der Waals surface area contributed by atoms with E-state index in [1.165, 1.54) is 30.3 Å². The van der Waals surface area contributed by atoms with Crippen LogP contribution in [0.25, 0.3) is 22.3 Å². The van der Waals surface area contributed by atoms with Crippen LogP contribution in [0.5, 0.6) is 5.75 Å². The van der Waals surface area contributed by atoms with Crippen LogP contribution >= 0.6 is 0 Å². The second-order valence-corrected chi connectivity index (χ2v) is 8.48. The number of unbranched alkanes of at least 4 members (excludes halogenated alkanes) is 3. The van der Waals surface area contributed by atoms with E-state index >= 15 is 0 Å². The summed E-state index contributed by atoms with van der Waals surface area (Å²) in [7, 11) is 0. The minimum absolute atomic E-state index is 0.305. The van der Waals surface area contributed by atoms with Crippen LogP contribution in [0.2, 0.25) is 0 Å². The van der Waals surface area contributed by atoms with Crippen molar-refractivity contribution in [3.05, 3.63) is 114 Å². The highest BCUT2D eigenvalue weighted by Crippen LogP contribution is 2.27. The van der Waals surface area contributed by atoms with Crippen LogP contribution in [0, 0.1) is 23.3 Å². The van der Waals surface area contributed by atoms with Gasteiger partial charge in [-0.15, -0.1) is 0 Å². The lowest BCUT2D eigenvalue weighted by Crippen LogP contribution is -1.98. The summed E-state index contributed by atoms with van der Waals surface area (Å²) >= 11 is 0. The molecule has 0 aliphatic heterocycles. The molecule has 0 heterocycles. The molecular weight excluding hydrogens is 452 g/mol. The fourth-order valence-corrected chi connectivity index (χ4v) is 4.00. The third-order valence-corrected chi connectivity index (χ3v) is 5.91. The maximum Gasteiger partial charge on any atom is 0.134 e. The topological polar surface area (TPSA) is 9.23 Å². The second-order valence-electron chi connectivity index (χ2n) is 8.48. The number of hydrogen-bond donors (Lipinski definition) is 0. The normalized spacial score (nSPS) is 11.0. The van der Waals surface area contributed by atoms with Crippen LogP contribution in [0.3, 0.4) is 0 Å². The van der Waals surface area contributed by atoms with Crippen molar-refractivity contribution in [3.63, 3.8) is 0 Å². The van der Waals surface area contributed by atoms with Crippen LogP contribution in [0.1, 0.15) is 31.2 Å². The Kier molecular flexibility index (Phi) is 8.19. The van der Waals surface area contributed by atoms with Gasteiger partial charge in [0.25, 0.3) is 0 Å². The van der Waals surface area contributed by atoms with Crippen LogP contribution < -0.4 is 4.74 Å². The summed E-state index contributed by atoms with van der Waals surface area (Å²) in [6.07, 6.45) is 4.46. The third-order valence-electron chi connectivity index (χ3n) is 5.91. The van der Waals surface area contributed by atoms with Gasteiger partial charge in [0.05, 0.1) is 6.61 Å². The van der Waals surface area contributed by atoms with Crippen LogP contribution in [-0.2, 0) is 6.42 Å². The maximum absolute atomic E-state index is 14.5. The lowest BCUT2D eigenvalue weighted by Gasteiger charge is -2.09. The largest absolute Gasteiger partial charge is 0.493 e.